The Hall–Kier alpha value is -6.76. The number of amides is 4. The highest BCUT2D eigenvalue weighted by atomic mass is 35.5. The summed E-state index contributed by atoms with van der Waals surface area (Å²) < 4.78 is 13.1. The van der Waals surface area contributed by atoms with Crippen LogP contribution in [0, 0.1) is 26.2 Å². The molecule has 4 amide bonds. The van der Waals surface area contributed by atoms with Crippen LogP contribution in [-0.2, 0) is 25.6 Å². The molecule has 1 saturated heterocycles. The molecular weight excluding hydrogens is 944 g/mol. The highest BCUT2D eigenvalue weighted by molar-refractivity contribution is 7.15. The van der Waals surface area contributed by atoms with Crippen LogP contribution in [0.4, 0.5) is 0 Å². The first-order valence-corrected chi connectivity index (χ1v) is 25.0. The lowest BCUT2D eigenvalue weighted by Crippen LogP contribution is -2.58. The summed E-state index contributed by atoms with van der Waals surface area (Å²) in [5.41, 5.74) is 5.40. The van der Waals surface area contributed by atoms with E-state index in [9.17, 15) is 24.3 Å². The number of carbonyl (C=O) groups is 4. The molecule has 0 unspecified atom stereocenters. The van der Waals surface area contributed by atoms with E-state index in [2.05, 4.69) is 50.1 Å². The topological polar surface area (TPSA) is 219 Å². The molecule has 17 nitrogen and oxygen atoms in total. The summed E-state index contributed by atoms with van der Waals surface area (Å²) in [5.74, 6) is 1.08. The number of likely N-dealkylation sites (tertiary alicyclic amines) is 1. The summed E-state index contributed by atoms with van der Waals surface area (Å²) in [7, 11) is 0. The van der Waals surface area contributed by atoms with E-state index in [0.717, 1.165) is 44.4 Å². The van der Waals surface area contributed by atoms with Gasteiger partial charge in [0.1, 0.15) is 40.8 Å². The largest absolute Gasteiger partial charge is 0.490 e. The molecule has 5 atom stereocenters. The fourth-order valence-electron chi connectivity index (χ4n) is 9.38. The maximum Gasteiger partial charge on any atom is 0.246 e. The Morgan fingerprint density at radius 1 is 0.915 bits per heavy atom. The predicted octanol–water partition coefficient (Wildman–Crippen LogP) is 6.88. The van der Waals surface area contributed by atoms with Crippen molar-refractivity contribution in [1.29, 1.82) is 0 Å². The molecule has 2 fully saturated rings. The van der Waals surface area contributed by atoms with Crippen LogP contribution < -0.4 is 20.7 Å². The second kappa shape index (κ2) is 20.2. The van der Waals surface area contributed by atoms with Gasteiger partial charge in [-0.25, -0.2) is 0 Å². The van der Waals surface area contributed by atoms with Gasteiger partial charge in [-0.1, -0.05) is 86.1 Å². The normalized spacial score (nSPS) is 20.4. The zero-order valence-electron chi connectivity index (χ0n) is 40.6. The highest BCUT2D eigenvalue weighted by Crippen LogP contribution is 2.40. The fourth-order valence-corrected chi connectivity index (χ4v) is 10.7. The van der Waals surface area contributed by atoms with Gasteiger partial charge in [0.2, 0.25) is 35.8 Å². The van der Waals surface area contributed by atoms with Crippen LogP contribution in [0.2, 0.25) is 5.02 Å². The number of hydrogen-bond donors (Lipinski definition) is 4. The minimum Gasteiger partial charge on any atom is -0.490 e. The SMILES string of the molecule is Cc1sc2c(c1C)C(c1ccc(Cl)cc1)=N[C@@H](CC(=O)NC1CC(Oc3ccc(CC(=O)N[C@H](C(=O)N4C[C@H](O)C[C@H]4C(=O)N[C@@H](C)c4ccc(-c5ncon5)cc4)C(C)(C)C)cc3)C1)c1nnc(C)n1-2. The molecule has 0 radical (unpaired) electrons. The summed E-state index contributed by atoms with van der Waals surface area (Å²) in [5, 5.41) is 34.2. The number of aliphatic hydroxyl groups is 1. The number of halogens is 1. The maximum atomic E-state index is 14.2. The number of nitrogens with one attached hydrogen (secondary N) is 3. The number of hydrogen-bond acceptors (Lipinski definition) is 13. The van der Waals surface area contributed by atoms with E-state index in [-0.39, 0.29) is 49.8 Å². The van der Waals surface area contributed by atoms with E-state index < -0.39 is 47.5 Å². The molecule has 5 heterocycles. The highest BCUT2D eigenvalue weighted by Gasteiger charge is 2.45. The Bertz CT molecular complexity index is 2960. The van der Waals surface area contributed by atoms with Crippen molar-refractivity contribution in [3.63, 3.8) is 0 Å². The Kier molecular flexibility index (Phi) is 14.0. The number of aromatic nitrogens is 5. The van der Waals surface area contributed by atoms with Crippen LogP contribution in [0.25, 0.3) is 16.4 Å². The van der Waals surface area contributed by atoms with Gasteiger partial charge in [0.05, 0.1) is 30.7 Å². The van der Waals surface area contributed by atoms with Crippen molar-refractivity contribution < 1.29 is 33.5 Å². The number of β-amino-alcohol motifs (C(OH)–C–C–N with tert-alkyl or cyclic N) is 1. The van der Waals surface area contributed by atoms with Gasteiger partial charge in [-0.2, -0.15) is 4.98 Å². The Morgan fingerprint density at radius 3 is 2.30 bits per heavy atom. The van der Waals surface area contributed by atoms with Crippen molar-refractivity contribution in [2.75, 3.05) is 6.54 Å². The van der Waals surface area contributed by atoms with Gasteiger partial charge in [0, 0.05) is 58.4 Å². The van der Waals surface area contributed by atoms with Crippen molar-refractivity contribution in [2.24, 2.45) is 10.4 Å². The number of carbonyl (C=O) groups excluding carboxylic acids is 4. The van der Waals surface area contributed by atoms with Crippen LogP contribution in [0.3, 0.4) is 0 Å². The Morgan fingerprint density at radius 2 is 1.62 bits per heavy atom. The molecule has 4 N–H and O–H groups in total. The average Bonchev–Trinajstić information content (AvgIpc) is 4.13. The number of aryl methyl sites for hydroxylation is 2. The lowest BCUT2D eigenvalue weighted by Gasteiger charge is -2.36. The Labute approximate surface area is 420 Å². The van der Waals surface area contributed by atoms with Gasteiger partial charge in [0.15, 0.2) is 5.82 Å². The third-order valence-corrected chi connectivity index (χ3v) is 14.9. The van der Waals surface area contributed by atoms with E-state index in [0.29, 0.717) is 40.8 Å². The third-order valence-electron chi connectivity index (χ3n) is 13.5. The number of aliphatic hydroxyl groups excluding tert-OH is 1. The zero-order chi connectivity index (χ0) is 50.3. The van der Waals surface area contributed by atoms with E-state index in [4.69, 9.17) is 25.9 Å². The number of fused-ring (bicyclic) bond motifs is 3. The van der Waals surface area contributed by atoms with Crippen molar-refractivity contribution in [1.82, 2.24) is 45.8 Å². The molecule has 2 aliphatic heterocycles. The van der Waals surface area contributed by atoms with Crippen molar-refractivity contribution in [3.05, 3.63) is 129 Å². The number of benzene rings is 3. The smallest absolute Gasteiger partial charge is 0.246 e. The third kappa shape index (κ3) is 10.6. The summed E-state index contributed by atoms with van der Waals surface area (Å²) in [4.78, 5) is 67.0. The molecule has 1 aliphatic carbocycles. The molecule has 0 bridgehead atoms. The molecular formula is C52H57ClN10O7S. The molecule has 71 heavy (non-hydrogen) atoms. The molecule has 19 heteroatoms. The summed E-state index contributed by atoms with van der Waals surface area (Å²) in [6.07, 6.45) is 1.65. The number of rotatable bonds is 14. The molecule has 6 aromatic rings. The van der Waals surface area contributed by atoms with Gasteiger partial charge in [-0.3, -0.25) is 28.7 Å². The monoisotopic (exact) mass is 1000 g/mol. The number of thiophene rings is 1. The summed E-state index contributed by atoms with van der Waals surface area (Å²) in [6, 6.07) is 19.2. The number of ether oxygens (including phenoxy) is 1. The Balaban J connectivity index is 0.769. The maximum absolute atomic E-state index is 14.2. The molecule has 1 saturated carbocycles. The summed E-state index contributed by atoms with van der Waals surface area (Å²) in [6.45, 7) is 13.4. The summed E-state index contributed by atoms with van der Waals surface area (Å²) >= 11 is 7.93. The van der Waals surface area contributed by atoms with Crippen molar-refractivity contribution in [3.8, 4) is 22.1 Å². The average molecular weight is 1000 g/mol. The van der Waals surface area contributed by atoms with Gasteiger partial charge in [-0.05, 0) is 74.1 Å². The van der Waals surface area contributed by atoms with E-state index >= 15 is 0 Å². The lowest BCUT2D eigenvalue weighted by atomic mass is 9.85. The van der Waals surface area contributed by atoms with Crippen LogP contribution in [0.15, 0.2) is 88.7 Å². The molecule has 9 rings (SSSR count). The molecule has 370 valence electrons. The van der Waals surface area contributed by atoms with Gasteiger partial charge >= 0.3 is 0 Å². The van der Waals surface area contributed by atoms with E-state index in [1.54, 1.807) is 11.3 Å². The van der Waals surface area contributed by atoms with Gasteiger partial charge in [0.25, 0.3) is 0 Å². The quantitative estimate of drug-likeness (QED) is 0.0882. The molecule has 0 spiro atoms. The van der Waals surface area contributed by atoms with Crippen LogP contribution in [-0.4, -0.2) is 101 Å². The minimum atomic E-state index is -0.973. The molecule has 3 aromatic carbocycles. The first-order valence-electron chi connectivity index (χ1n) is 23.8. The fraction of sp³-hybridized carbons (Fsp3) is 0.404. The number of aliphatic imine (C=N–C) groups is 1. The molecule has 3 aromatic heterocycles. The standard InChI is InChI=1S/C52H57ClN10O7S/c1-27-29(3)71-51-44(27)45(33-14-16-35(53)17-15-33)57-40(48-60-59-30(4)63(48)51)24-43(66)56-36-21-39(22-36)70-38-18-8-31(9-19-38)20-42(65)58-46(52(5,6)7)50(68)62-25-37(64)23-41(62)49(67)55-28(2)32-10-12-34(13-11-32)47-54-26-69-61-47/h8-19,26,28,36-37,39-41,46,64H,20-25H2,1-7H3,(H,55,67)(H,56,66)(H,58,65)/t28-,36?,37+,39?,40-,41-,46+/m0/s1. The van der Waals surface area contributed by atoms with Crippen molar-refractivity contribution in [2.45, 2.75) is 123 Å². The van der Waals surface area contributed by atoms with Gasteiger partial charge in [-0.15, -0.1) is 21.5 Å². The second-order valence-electron chi connectivity index (χ2n) is 19.8. The van der Waals surface area contributed by atoms with E-state index in [1.807, 2.05) is 112 Å². The number of nitrogens with zero attached hydrogens (tertiary/aromatic N) is 7. The van der Waals surface area contributed by atoms with Gasteiger partial charge < -0.3 is 35.2 Å². The predicted molar refractivity (Wildman–Crippen MR) is 267 cm³/mol. The zero-order valence-corrected chi connectivity index (χ0v) is 42.2. The van der Waals surface area contributed by atoms with E-state index in [1.165, 1.54) is 16.2 Å². The van der Waals surface area contributed by atoms with Crippen LogP contribution >= 0.6 is 22.9 Å². The first-order chi connectivity index (χ1) is 33.9. The minimum absolute atomic E-state index is 0.00280. The van der Waals surface area contributed by atoms with Crippen molar-refractivity contribution >= 4 is 52.3 Å². The molecule has 3 aliphatic rings. The first kappa shape index (κ1) is 49.2. The lowest BCUT2D eigenvalue weighted by molar-refractivity contribution is -0.144. The second-order valence-corrected chi connectivity index (χ2v) is 21.4. The van der Waals surface area contributed by atoms with Crippen LogP contribution in [0.1, 0.15) is 110 Å². The van der Waals surface area contributed by atoms with Crippen LogP contribution in [0.5, 0.6) is 5.75 Å².